The first-order valence-electron chi connectivity index (χ1n) is 6.91. The predicted octanol–water partition coefficient (Wildman–Crippen LogP) is 3.27. The molecule has 4 heteroatoms. The lowest BCUT2D eigenvalue weighted by molar-refractivity contribution is 0.0600. The van der Waals surface area contributed by atoms with Crippen molar-refractivity contribution in [2.45, 2.75) is 6.92 Å². The highest BCUT2D eigenvalue weighted by molar-refractivity contribution is 6.09. The zero-order valence-electron chi connectivity index (χ0n) is 12.4. The molecule has 0 aliphatic carbocycles. The summed E-state index contributed by atoms with van der Waals surface area (Å²) in [6.07, 6.45) is 1.73. The average Bonchev–Trinajstić information content (AvgIpc) is 2.89. The van der Waals surface area contributed by atoms with Crippen molar-refractivity contribution in [3.63, 3.8) is 0 Å². The molecule has 110 valence electrons. The lowest BCUT2D eigenvalue weighted by atomic mass is 10.1. The number of aromatic nitrogens is 1. The number of hydrogen-bond donors (Lipinski definition) is 0. The molecule has 3 aromatic rings. The molecule has 2 aromatic heterocycles. The predicted molar refractivity (Wildman–Crippen MR) is 83.3 cm³/mol. The molecule has 0 saturated carbocycles. The van der Waals surface area contributed by atoms with E-state index in [9.17, 15) is 9.59 Å². The number of ether oxygens (including phenoxy) is 1. The number of fused-ring (bicyclic) bond motifs is 1. The maximum absolute atomic E-state index is 12.7. The van der Waals surface area contributed by atoms with E-state index in [2.05, 4.69) is 0 Å². The van der Waals surface area contributed by atoms with Gasteiger partial charge < -0.3 is 9.14 Å². The molecule has 0 amide bonds. The number of esters is 1. The van der Waals surface area contributed by atoms with E-state index >= 15 is 0 Å². The SMILES string of the molecule is COC(=O)c1ccn2c(C(=O)c3ccccc3)c(C)cc2c1. The summed E-state index contributed by atoms with van der Waals surface area (Å²) < 4.78 is 6.53. The van der Waals surface area contributed by atoms with Crippen LogP contribution in [0.3, 0.4) is 0 Å². The zero-order valence-corrected chi connectivity index (χ0v) is 12.4. The van der Waals surface area contributed by atoms with Gasteiger partial charge >= 0.3 is 5.97 Å². The van der Waals surface area contributed by atoms with Gasteiger partial charge in [0, 0.05) is 17.3 Å². The molecule has 1 aromatic carbocycles. The number of carbonyl (C=O) groups excluding carboxylic acids is 2. The molecule has 22 heavy (non-hydrogen) atoms. The van der Waals surface area contributed by atoms with Gasteiger partial charge in [-0.15, -0.1) is 0 Å². The first kappa shape index (κ1) is 14.1. The van der Waals surface area contributed by atoms with Crippen LogP contribution < -0.4 is 0 Å². The van der Waals surface area contributed by atoms with Gasteiger partial charge in [-0.2, -0.15) is 0 Å². The number of pyridine rings is 1. The molecule has 0 aliphatic heterocycles. The monoisotopic (exact) mass is 293 g/mol. The van der Waals surface area contributed by atoms with Crippen LogP contribution in [0.25, 0.3) is 5.52 Å². The summed E-state index contributed by atoms with van der Waals surface area (Å²) >= 11 is 0. The van der Waals surface area contributed by atoms with Crippen LogP contribution in [0.2, 0.25) is 0 Å². The van der Waals surface area contributed by atoms with Crippen LogP contribution in [0.5, 0.6) is 0 Å². The molecular weight excluding hydrogens is 278 g/mol. The standard InChI is InChI=1S/C18H15NO3/c1-12-10-15-11-14(18(21)22-2)8-9-19(15)16(12)17(20)13-6-4-3-5-7-13/h3-11H,1-2H3. The summed E-state index contributed by atoms with van der Waals surface area (Å²) in [6, 6.07) is 14.4. The second-order valence-corrected chi connectivity index (χ2v) is 5.07. The first-order chi connectivity index (χ1) is 10.6. The summed E-state index contributed by atoms with van der Waals surface area (Å²) in [5, 5.41) is 0. The van der Waals surface area contributed by atoms with Crippen molar-refractivity contribution in [3.8, 4) is 0 Å². The Labute approximate surface area is 128 Å². The van der Waals surface area contributed by atoms with Crippen molar-refractivity contribution in [1.82, 2.24) is 4.40 Å². The van der Waals surface area contributed by atoms with E-state index in [1.807, 2.05) is 31.2 Å². The molecule has 0 unspecified atom stereocenters. The smallest absolute Gasteiger partial charge is 0.337 e. The van der Waals surface area contributed by atoms with Gasteiger partial charge in [0.1, 0.15) is 0 Å². The highest BCUT2D eigenvalue weighted by Crippen LogP contribution is 2.21. The van der Waals surface area contributed by atoms with Gasteiger partial charge in [-0.3, -0.25) is 4.79 Å². The highest BCUT2D eigenvalue weighted by Gasteiger charge is 2.17. The highest BCUT2D eigenvalue weighted by atomic mass is 16.5. The fraction of sp³-hybridized carbons (Fsp3) is 0.111. The molecular formula is C18H15NO3. The van der Waals surface area contributed by atoms with E-state index in [1.54, 1.807) is 34.9 Å². The maximum atomic E-state index is 12.7. The number of carbonyl (C=O) groups is 2. The Bertz CT molecular complexity index is 863. The van der Waals surface area contributed by atoms with E-state index < -0.39 is 5.97 Å². The number of rotatable bonds is 3. The van der Waals surface area contributed by atoms with Crippen LogP contribution in [0.15, 0.2) is 54.7 Å². The first-order valence-corrected chi connectivity index (χ1v) is 6.91. The summed E-state index contributed by atoms with van der Waals surface area (Å²) in [6.45, 7) is 1.89. The number of benzene rings is 1. The molecule has 0 radical (unpaired) electrons. The maximum Gasteiger partial charge on any atom is 0.337 e. The molecule has 0 bridgehead atoms. The van der Waals surface area contributed by atoms with Crippen LogP contribution in [0, 0.1) is 6.92 Å². The van der Waals surface area contributed by atoms with E-state index in [0.29, 0.717) is 16.8 Å². The van der Waals surface area contributed by atoms with E-state index in [-0.39, 0.29) is 5.78 Å². The molecule has 0 saturated heterocycles. The quantitative estimate of drug-likeness (QED) is 0.550. The number of nitrogens with zero attached hydrogens (tertiary/aromatic N) is 1. The van der Waals surface area contributed by atoms with Gasteiger partial charge in [-0.1, -0.05) is 30.3 Å². The fourth-order valence-electron chi connectivity index (χ4n) is 2.57. The largest absolute Gasteiger partial charge is 0.465 e. The third kappa shape index (κ3) is 2.29. The van der Waals surface area contributed by atoms with Crippen molar-refractivity contribution < 1.29 is 14.3 Å². The average molecular weight is 293 g/mol. The fourth-order valence-corrected chi connectivity index (χ4v) is 2.57. The van der Waals surface area contributed by atoms with Crippen LogP contribution in [0.1, 0.15) is 32.0 Å². The molecule has 4 nitrogen and oxygen atoms in total. The zero-order chi connectivity index (χ0) is 15.7. The Morgan fingerprint density at radius 1 is 1.00 bits per heavy atom. The number of methoxy groups -OCH3 is 1. The molecule has 3 rings (SSSR count). The third-order valence-electron chi connectivity index (χ3n) is 3.64. The van der Waals surface area contributed by atoms with Crippen molar-refractivity contribution in [1.29, 1.82) is 0 Å². The topological polar surface area (TPSA) is 47.8 Å². The minimum atomic E-state index is -0.391. The Morgan fingerprint density at radius 2 is 1.73 bits per heavy atom. The van der Waals surface area contributed by atoms with Crippen LogP contribution in [-0.4, -0.2) is 23.3 Å². The van der Waals surface area contributed by atoms with Gasteiger partial charge in [0.05, 0.1) is 18.4 Å². The van der Waals surface area contributed by atoms with E-state index in [4.69, 9.17) is 4.74 Å². The van der Waals surface area contributed by atoms with Gasteiger partial charge in [0.15, 0.2) is 0 Å². The van der Waals surface area contributed by atoms with Gasteiger partial charge in [-0.05, 0) is 30.7 Å². The summed E-state index contributed by atoms with van der Waals surface area (Å²) in [7, 11) is 1.35. The van der Waals surface area contributed by atoms with Gasteiger partial charge in [-0.25, -0.2) is 4.79 Å². The molecule has 0 spiro atoms. The lowest BCUT2D eigenvalue weighted by Crippen LogP contribution is -2.07. The molecule has 0 N–H and O–H groups in total. The van der Waals surface area contributed by atoms with E-state index in [0.717, 1.165) is 11.1 Å². The van der Waals surface area contributed by atoms with E-state index in [1.165, 1.54) is 7.11 Å². The number of hydrogen-bond acceptors (Lipinski definition) is 3. The van der Waals surface area contributed by atoms with Gasteiger partial charge in [0.25, 0.3) is 0 Å². The Balaban J connectivity index is 2.13. The molecule has 0 fully saturated rings. The van der Waals surface area contributed by atoms with Crippen molar-refractivity contribution >= 4 is 17.3 Å². The second kappa shape index (κ2) is 5.48. The minimum absolute atomic E-state index is 0.0380. The van der Waals surface area contributed by atoms with Crippen molar-refractivity contribution in [2.75, 3.05) is 7.11 Å². The van der Waals surface area contributed by atoms with Gasteiger partial charge in [0.2, 0.25) is 5.78 Å². The number of ketones is 1. The Morgan fingerprint density at radius 3 is 2.41 bits per heavy atom. The molecule has 2 heterocycles. The normalized spacial score (nSPS) is 10.6. The summed E-state index contributed by atoms with van der Waals surface area (Å²) in [4.78, 5) is 24.3. The summed E-state index contributed by atoms with van der Waals surface area (Å²) in [5.74, 6) is -0.429. The van der Waals surface area contributed by atoms with Crippen molar-refractivity contribution in [2.24, 2.45) is 0 Å². The third-order valence-corrected chi connectivity index (χ3v) is 3.64. The lowest BCUT2D eigenvalue weighted by Gasteiger charge is -2.05. The molecule has 0 atom stereocenters. The van der Waals surface area contributed by atoms with Crippen LogP contribution >= 0.6 is 0 Å². The Kier molecular flexibility index (Phi) is 3.51. The van der Waals surface area contributed by atoms with Crippen molar-refractivity contribution in [3.05, 3.63) is 77.1 Å². The number of aryl methyl sites for hydroxylation is 1. The minimum Gasteiger partial charge on any atom is -0.465 e. The van der Waals surface area contributed by atoms with Crippen LogP contribution in [-0.2, 0) is 4.74 Å². The second-order valence-electron chi connectivity index (χ2n) is 5.07. The Hall–Kier alpha value is -2.88. The summed E-state index contributed by atoms with van der Waals surface area (Å²) in [5.41, 5.74) is 3.38. The molecule has 0 aliphatic rings. The van der Waals surface area contributed by atoms with Crippen LogP contribution in [0.4, 0.5) is 0 Å².